The Morgan fingerprint density at radius 1 is 1.12 bits per heavy atom. The molecule has 0 saturated carbocycles. The minimum atomic E-state index is 0.464. The normalized spacial score (nSPS) is 11.3. The molecule has 132 valence electrons. The van der Waals surface area contributed by atoms with Gasteiger partial charge >= 0.3 is 0 Å². The fraction of sp³-hybridized carbons (Fsp3) is 0.150. The van der Waals surface area contributed by atoms with Crippen LogP contribution in [0.3, 0.4) is 0 Å². The van der Waals surface area contributed by atoms with E-state index in [2.05, 4.69) is 33.8 Å². The number of nitrogens with zero attached hydrogens (tertiary/aromatic N) is 3. The van der Waals surface area contributed by atoms with Gasteiger partial charge < -0.3 is 9.88 Å². The van der Waals surface area contributed by atoms with Gasteiger partial charge in [0.1, 0.15) is 0 Å². The van der Waals surface area contributed by atoms with Crippen LogP contribution in [0.2, 0.25) is 0 Å². The Kier molecular flexibility index (Phi) is 5.43. The van der Waals surface area contributed by atoms with Crippen molar-refractivity contribution in [1.82, 2.24) is 15.0 Å². The van der Waals surface area contributed by atoms with Gasteiger partial charge in [0.25, 0.3) is 0 Å². The van der Waals surface area contributed by atoms with Crippen molar-refractivity contribution < 1.29 is 0 Å². The van der Waals surface area contributed by atoms with Gasteiger partial charge in [0.15, 0.2) is 5.11 Å². The molecule has 3 rings (SSSR count). The van der Waals surface area contributed by atoms with E-state index in [1.807, 2.05) is 61.0 Å². The monoisotopic (exact) mass is 363 g/mol. The number of aromatic nitrogens is 2. The molecule has 0 fully saturated rings. The van der Waals surface area contributed by atoms with Crippen LogP contribution in [0.15, 0.2) is 66.3 Å². The van der Waals surface area contributed by atoms with Gasteiger partial charge in [-0.2, -0.15) is 5.10 Å². The van der Waals surface area contributed by atoms with Crippen molar-refractivity contribution in [3.05, 3.63) is 77.9 Å². The highest BCUT2D eigenvalue weighted by atomic mass is 32.1. The summed E-state index contributed by atoms with van der Waals surface area (Å²) in [6, 6.07) is 14.3. The highest BCUT2D eigenvalue weighted by molar-refractivity contribution is 7.80. The van der Waals surface area contributed by atoms with E-state index in [0.29, 0.717) is 5.11 Å². The Balaban J connectivity index is 1.63. The molecule has 5 nitrogen and oxygen atoms in total. The van der Waals surface area contributed by atoms with Crippen LogP contribution in [0.1, 0.15) is 23.6 Å². The second-order valence-corrected chi connectivity index (χ2v) is 6.51. The molecule has 0 spiro atoms. The zero-order valence-corrected chi connectivity index (χ0v) is 15.8. The summed E-state index contributed by atoms with van der Waals surface area (Å²) in [7, 11) is 0. The van der Waals surface area contributed by atoms with Gasteiger partial charge in [-0.05, 0) is 62.3 Å². The van der Waals surface area contributed by atoms with Crippen LogP contribution in [0.25, 0.3) is 5.69 Å². The quantitative estimate of drug-likeness (QED) is 0.414. The van der Waals surface area contributed by atoms with Gasteiger partial charge in [-0.3, -0.25) is 5.43 Å². The smallest absolute Gasteiger partial charge is 0.191 e. The van der Waals surface area contributed by atoms with Gasteiger partial charge in [-0.25, -0.2) is 4.98 Å². The molecule has 0 radical (unpaired) electrons. The molecule has 0 atom stereocenters. The summed E-state index contributed by atoms with van der Waals surface area (Å²) >= 11 is 5.33. The Bertz CT molecular complexity index is 927. The molecule has 0 aliphatic carbocycles. The molecule has 0 aliphatic rings. The summed E-state index contributed by atoms with van der Waals surface area (Å²) < 4.78 is 1.96. The zero-order valence-electron chi connectivity index (χ0n) is 15.0. The molecule has 2 aromatic carbocycles. The second kappa shape index (κ2) is 7.93. The molecule has 0 saturated heterocycles. The first kappa shape index (κ1) is 17.8. The van der Waals surface area contributed by atoms with E-state index in [4.69, 9.17) is 12.2 Å². The summed E-state index contributed by atoms with van der Waals surface area (Å²) in [6.45, 7) is 6.06. The average Bonchev–Trinajstić information content (AvgIpc) is 3.17. The van der Waals surface area contributed by atoms with Crippen molar-refractivity contribution in [2.75, 3.05) is 5.32 Å². The number of anilines is 1. The zero-order chi connectivity index (χ0) is 18.5. The predicted molar refractivity (Wildman–Crippen MR) is 111 cm³/mol. The van der Waals surface area contributed by atoms with E-state index in [1.54, 1.807) is 12.5 Å². The Morgan fingerprint density at radius 2 is 1.88 bits per heavy atom. The maximum Gasteiger partial charge on any atom is 0.191 e. The Hall–Kier alpha value is -2.99. The summed E-state index contributed by atoms with van der Waals surface area (Å²) in [5, 5.41) is 8.01. The van der Waals surface area contributed by atoms with Crippen LogP contribution in [-0.4, -0.2) is 20.4 Å². The number of benzene rings is 2. The number of nitrogens with one attached hydrogen (secondary N) is 2. The van der Waals surface area contributed by atoms with Gasteiger partial charge in [0, 0.05) is 23.8 Å². The first-order chi connectivity index (χ1) is 12.5. The minimum absolute atomic E-state index is 0.464. The van der Waals surface area contributed by atoms with E-state index >= 15 is 0 Å². The molecule has 6 heteroatoms. The second-order valence-electron chi connectivity index (χ2n) is 6.10. The first-order valence-corrected chi connectivity index (χ1v) is 8.71. The molecular weight excluding hydrogens is 342 g/mol. The van der Waals surface area contributed by atoms with Crippen molar-refractivity contribution in [3.63, 3.8) is 0 Å². The van der Waals surface area contributed by atoms with E-state index in [1.165, 1.54) is 5.56 Å². The number of hydrogen-bond acceptors (Lipinski definition) is 3. The third-order valence-corrected chi connectivity index (χ3v) is 4.24. The topological polar surface area (TPSA) is 54.2 Å². The summed E-state index contributed by atoms with van der Waals surface area (Å²) in [6.07, 6.45) is 5.44. The number of aryl methyl sites for hydroxylation is 2. The SMILES string of the molecule is C/C(=N\NC(=S)Nc1ccc(C)cc1C)c1ccc(-n2ccnc2)cc1. The van der Waals surface area contributed by atoms with Gasteiger partial charge in [0.05, 0.1) is 12.0 Å². The van der Waals surface area contributed by atoms with Crippen molar-refractivity contribution >= 4 is 28.7 Å². The summed E-state index contributed by atoms with van der Waals surface area (Å²) in [5.41, 5.74) is 9.18. The molecule has 3 aromatic rings. The van der Waals surface area contributed by atoms with E-state index in [9.17, 15) is 0 Å². The van der Waals surface area contributed by atoms with Gasteiger partial charge in [0.2, 0.25) is 0 Å². The fourth-order valence-corrected chi connectivity index (χ4v) is 2.75. The minimum Gasteiger partial charge on any atom is -0.331 e. The molecule has 0 unspecified atom stereocenters. The first-order valence-electron chi connectivity index (χ1n) is 8.30. The molecule has 1 heterocycles. The maximum absolute atomic E-state index is 5.33. The van der Waals surface area contributed by atoms with Crippen LogP contribution >= 0.6 is 12.2 Å². The molecule has 0 aliphatic heterocycles. The number of thiocarbonyl (C=S) groups is 1. The van der Waals surface area contributed by atoms with Crippen LogP contribution in [0, 0.1) is 13.8 Å². The summed E-state index contributed by atoms with van der Waals surface area (Å²) in [5.74, 6) is 0. The lowest BCUT2D eigenvalue weighted by Crippen LogP contribution is -2.25. The van der Waals surface area contributed by atoms with Crippen LogP contribution < -0.4 is 10.7 Å². The van der Waals surface area contributed by atoms with Crippen LogP contribution in [-0.2, 0) is 0 Å². The predicted octanol–water partition coefficient (Wildman–Crippen LogP) is 4.20. The molecule has 1 aromatic heterocycles. The van der Waals surface area contributed by atoms with E-state index in [0.717, 1.165) is 28.2 Å². The standard InChI is InChI=1S/C20H21N5S/c1-14-4-9-19(15(2)12-14)22-20(26)24-23-16(3)17-5-7-18(8-6-17)25-11-10-21-13-25/h4-13H,1-3H3,(H2,22,24,26)/b23-16+. The van der Waals surface area contributed by atoms with Crippen molar-refractivity contribution in [2.24, 2.45) is 5.10 Å². The Labute approximate surface area is 158 Å². The van der Waals surface area contributed by atoms with Crippen molar-refractivity contribution in [1.29, 1.82) is 0 Å². The highest BCUT2D eigenvalue weighted by Crippen LogP contribution is 2.15. The average molecular weight is 363 g/mol. The fourth-order valence-electron chi connectivity index (χ4n) is 2.59. The van der Waals surface area contributed by atoms with Crippen LogP contribution in [0.4, 0.5) is 5.69 Å². The largest absolute Gasteiger partial charge is 0.331 e. The third kappa shape index (κ3) is 4.34. The number of imidazole rings is 1. The highest BCUT2D eigenvalue weighted by Gasteiger charge is 2.03. The molecular formula is C20H21N5S. The molecule has 26 heavy (non-hydrogen) atoms. The molecule has 0 bridgehead atoms. The lowest BCUT2D eigenvalue weighted by molar-refractivity contribution is 1.03. The third-order valence-electron chi connectivity index (χ3n) is 4.04. The lowest BCUT2D eigenvalue weighted by atomic mass is 10.1. The Morgan fingerprint density at radius 3 is 2.54 bits per heavy atom. The van der Waals surface area contributed by atoms with E-state index < -0.39 is 0 Å². The van der Waals surface area contributed by atoms with Gasteiger partial charge in [-0.15, -0.1) is 0 Å². The maximum atomic E-state index is 5.33. The van der Waals surface area contributed by atoms with E-state index in [-0.39, 0.29) is 0 Å². The lowest BCUT2D eigenvalue weighted by Gasteiger charge is -2.11. The van der Waals surface area contributed by atoms with Crippen molar-refractivity contribution in [3.8, 4) is 5.69 Å². The summed E-state index contributed by atoms with van der Waals surface area (Å²) in [4.78, 5) is 4.06. The molecule has 0 amide bonds. The molecule has 2 N–H and O–H groups in total. The number of hydrogen-bond donors (Lipinski definition) is 2. The van der Waals surface area contributed by atoms with Crippen LogP contribution in [0.5, 0.6) is 0 Å². The van der Waals surface area contributed by atoms with Gasteiger partial charge in [-0.1, -0.05) is 29.8 Å². The van der Waals surface area contributed by atoms with Crippen molar-refractivity contribution in [2.45, 2.75) is 20.8 Å². The number of hydrazone groups is 1. The number of rotatable bonds is 4.